The van der Waals surface area contributed by atoms with Crippen molar-refractivity contribution >= 4 is 5.91 Å². The molecule has 1 amide bonds. The maximum atomic E-state index is 11.0. The molecule has 1 rings (SSSR count). The standard InChI is InChI=1S/C10H17NO2/c1-3-10(12)11-8-4-6-9(13-2)7-5-8/h3,8-9H,1,4-7H2,2H3,(H,11,12). The lowest BCUT2D eigenvalue weighted by atomic mass is 9.93. The van der Waals surface area contributed by atoms with Crippen LogP contribution in [0.15, 0.2) is 12.7 Å². The van der Waals surface area contributed by atoms with Crippen molar-refractivity contribution < 1.29 is 9.53 Å². The van der Waals surface area contributed by atoms with Gasteiger partial charge in [0.2, 0.25) is 5.91 Å². The predicted molar refractivity (Wildman–Crippen MR) is 51.4 cm³/mol. The van der Waals surface area contributed by atoms with E-state index in [4.69, 9.17) is 4.74 Å². The molecule has 0 aliphatic heterocycles. The third-order valence-corrected chi connectivity index (χ3v) is 2.54. The molecule has 0 spiro atoms. The van der Waals surface area contributed by atoms with Crippen molar-refractivity contribution in [2.75, 3.05) is 7.11 Å². The summed E-state index contributed by atoms with van der Waals surface area (Å²) in [5, 5.41) is 2.90. The molecular formula is C10H17NO2. The SMILES string of the molecule is C=CC(=O)NC1CCC(OC)CC1. The van der Waals surface area contributed by atoms with Crippen LogP contribution in [0.5, 0.6) is 0 Å². The van der Waals surface area contributed by atoms with E-state index in [1.807, 2.05) is 0 Å². The Kier molecular flexibility index (Phi) is 3.96. The first-order valence-electron chi connectivity index (χ1n) is 4.72. The highest BCUT2D eigenvalue weighted by Gasteiger charge is 2.21. The van der Waals surface area contributed by atoms with Crippen molar-refractivity contribution in [1.29, 1.82) is 0 Å². The summed E-state index contributed by atoms with van der Waals surface area (Å²) in [6.07, 6.45) is 5.81. The van der Waals surface area contributed by atoms with E-state index in [1.54, 1.807) is 7.11 Å². The molecule has 0 atom stereocenters. The lowest BCUT2D eigenvalue weighted by Crippen LogP contribution is -2.38. The van der Waals surface area contributed by atoms with Crippen LogP contribution in [-0.4, -0.2) is 25.2 Å². The minimum Gasteiger partial charge on any atom is -0.381 e. The second-order valence-corrected chi connectivity index (χ2v) is 3.42. The van der Waals surface area contributed by atoms with Crippen molar-refractivity contribution in [2.24, 2.45) is 0 Å². The van der Waals surface area contributed by atoms with Crippen LogP contribution in [0.2, 0.25) is 0 Å². The number of ether oxygens (including phenoxy) is 1. The van der Waals surface area contributed by atoms with Crippen LogP contribution in [0, 0.1) is 0 Å². The first-order chi connectivity index (χ1) is 6.26. The molecule has 13 heavy (non-hydrogen) atoms. The second kappa shape index (κ2) is 5.02. The third kappa shape index (κ3) is 3.19. The van der Waals surface area contributed by atoms with Gasteiger partial charge in [-0.1, -0.05) is 6.58 Å². The molecule has 1 aliphatic rings. The lowest BCUT2D eigenvalue weighted by molar-refractivity contribution is -0.117. The van der Waals surface area contributed by atoms with E-state index in [1.165, 1.54) is 6.08 Å². The van der Waals surface area contributed by atoms with Gasteiger partial charge in [-0.05, 0) is 31.8 Å². The van der Waals surface area contributed by atoms with E-state index in [9.17, 15) is 4.79 Å². The zero-order chi connectivity index (χ0) is 9.68. The number of carbonyl (C=O) groups is 1. The van der Waals surface area contributed by atoms with Gasteiger partial charge < -0.3 is 10.1 Å². The van der Waals surface area contributed by atoms with Crippen LogP contribution in [0.1, 0.15) is 25.7 Å². The molecule has 1 saturated carbocycles. The van der Waals surface area contributed by atoms with Gasteiger partial charge in [-0.15, -0.1) is 0 Å². The summed E-state index contributed by atoms with van der Waals surface area (Å²) in [6, 6.07) is 0.317. The Morgan fingerprint density at radius 1 is 1.46 bits per heavy atom. The number of nitrogens with one attached hydrogen (secondary N) is 1. The molecule has 1 aliphatic carbocycles. The zero-order valence-corrected chi connectivity index (χ0v) is 8.08. The molecule has 1 fully saturated rings. The maximum Gasteiger partial charge on any atom is 0.243 e. The summed E-state index contributed by atoms with van der Waals surface area (Å²) in [4.78, 5) is 11.0. The van der Waals surface area contributed by atoms with Crippen LogP contribution in [0.25, 0.3) is 0 Å². The molecule has 0 radical (unpaired) electrons. The number of methoxy groups -OCH3 is 1. The molecule has 0 unspecified atom stereocenters. The van der Waals surface area contributed by atoms with Crippen molar-refractivity contribution in [2.45, 2.75) is 37.8 Å². The largest absolute Gasteiger partial charge is 0.381 e. The molecule has 1 N–H and O–H groups in total. The van der Waals surface area contributed by atoms with Crippen LogP contribution in [0.4, 0.5) is 0 Å². The van der Waals surface area contributed by atoms with Crippen molar-refractivity contribution in [3.63, 3.8) is 0 Å². The van der Waals surface area contributed by atoms with Gasteiger partial charge in [0.15, 0.2) is 0 Å². The summed E-state index contributed by atoms with van der Waals surface area (Å²) in [7, 11) is 1.74. The summed E-state index contributed by atoms with van der Waals surface area (Å²) >= 11 is 0. The summed E-state index contributed by atoms with van der Waals surface area (Å²) < 4.78 is 5.24. The van der Waals surface area contributed by atoms with Crippen LogP contribution < -0.4 is 5.32 Å². The molecule has 0 aromatic heterocycles. The monoisotopic (exact) mass is 183 g/mol. The normalized spacial score (nSPS) is 28.1. The average molecular weight is 183 g/mol. The molecular weight excluding hydrogens is 166 g/mol. The Balaban J connectivity index is 2.24. The Hall–Kier alpha value is -0.830. The number of rotatable bonds is 3. The van der Waals surface area contributed by atoms with Crippen molar-refractivity contribution in [3.05, 3.63) is 12.7 Å². The Labute approximate surface area is 79.2 Å². The van der Waals surface area contributed by atoms with Crippen LogP contribution in [-0.2, 0) is 9.53 Å². The zero-order valence-electron chi connectivity index (χ0n) is 8.08. The molecule has 0 bridgehead atoms. The smallest absolute Gasteiger partial charge is 0.243 e. The predicted octanol–water partition coefficient (Wildman–Crippen LogP) is 1.25. The van der Waals surface area contributed by atoms with E-state index in [2.05, 4.69) is 11.9 Å². The highest BCUT2D eigenvalue weighted by atomic mass is 16.5. The number of amides is 1. The highest BCUT2D eigenvalue weighted by Crippen LogP contribution is 2.20. The molecule has 3 heteroatoms. The summed E-state index contributed by atoms with van der Waals surface area (Å²) in [5.74, 6) is -0.0686. The van der Waals surface area contributed by atoms with Gasteiger partial charge in [0.05, 0.1) is 6.10 Å². The Morgan fingerprint density at radius 3 is 2.54 bits per heavy atom. The fourth-order valence-corrected chi connectivity index (χ4v) is 1.70. The van der Waals surface area contributed by atoms with Crippen molar-refractivity contribution in [3.8, 4) is 0 Å². The molecule has 0 heterocycles. The quantitative estimate of drug-likeness (QED) is 0.669. The van der Waals surface area contributed by atoms with Gasteiger partial charge in [0, 0.05) is 13.2 Å². The maximum absolute atomic E-state index is 11.0. The second-order valence-electron chi connectivity index (χ2n) is 3.42. The Morgan fingerprint density at radius 2 is 2.08 bits per heavy atom. The fourth-order valence-electron chi connectivity index (χ4n) is 1.70. The van der Waals surface area contributed by atoms with Gasteiger partial charge in [0.25, 0.3) is 0 Å². The number of hydrogen-bond acceptors (Lipinski definition) is 2. The number of hydrogen-bond donors (Lipinski definition) is 1. The third-order valence-electron chi connectivity index (χ3n) is 2.54. The molecule has 0 aromatic rings. The van der Waals surface area contributed by atoms with Gasteiger partial charge in [-0.2, -0.15) is 0 Å². The first-order valence-corrected chi connectivity index (χ1v) is 4.72. The highest BCUT2D eigenvalue weighted by molar-refractivity contribution is 5.87. The van der Waals surface area contributed by atoms with Gasteiger partial charge in [-0.25, -0.2) is 0 Å². The fraction of sp³-hybridized carbons (Fsp3) is 0.700. The minimum absolute atomic E-state index is 0.0686. The topological polar surface area (TPSA) is 38.3 Å². The van der Waals surface area contributed by atoms with E-state index < -0.39 is 0 Å². The van der Waals surface area contributed by atoms with Gasteiger partial charge in [-0.3, -0.25) is 4.79 Å². The first kappa shape index (κ1) is 10.3. The molecule has 0 saturated heterocycles. The van der Waals surface area contributed by atoms with Crippen molar-refractivity contribution in [1.82, 2.24) is 5.32 Å². The summed E-state index contributed by atoms with van der Waals surface area (Å²) in [6.45, 7) is 3.42. The minimum atomic E-state index is -0.0686. The van der Waals surface area contributed by atoms with Gasteiger partial charge >= 0.3 is 0 Å². The molecule has 3 nitrogen and oxygen atoms in total. The van der Waals surface area contributed by atoms with E-state index in [0.29, 0.717) is 12.1 Å². The molecule has 74 valence electrons. The van der Waals surface area contributed by atoms with Gasteiger partial charge in [0.1, 0.15) is 0 Å². The average Bonchev–Trinajstić information content (AvgIpc) is 2.19. The van der Waals surface area contributed by atoms with E-state index >= 15 is 0 Å². The van der Waals surface area contributed by atoms with Crippen LogP contribution >= 0.6 is 0 Å². The van der Waals surface area contributed by atoms with E-state index in [-0.39, 0.29) is 5.91 Å². The number of carbonyl (C=O) groups excluding carboxylic acids is 1. The molecule has 0 aromatic carbocycles. The lowest BCUT2D eigenvalue weighted by Gasteiger charge is -2.27. The van der Waals surface area contributed by atoms with Crippen LogP contribution in [0.3, 0.4) is 0 Å². The van der Waals surface area contributed by atoms with E-state index in [0.717, 1.165) is 25.7 Å². The summed E-state index contributed by atoms with van der Waals surface area (Å²) in [5.41, 5.74) is 0. The Bertz CT molecular complexity index is 183.